The molecule has 0 bridgehead atoms. The number of ether oxygens (including phenoxy) is 1. The maximum atomic E-state index is 12.0. The minimum Gasteiger partial charge on any atom is -0.489 e. The van der Waals surface area contributed by atoms with Crippen molar-refractivity contribution in [2.45, 2.75) is 31.2 Å². The van der Waals surface area contributed by atoms with Crippen molar-refractivity contribution in [3.05, 3.63) is 138 Å². The maximum absolute atomic E-state index is 12.0. The van der Waals surface area contributed by atoms with Crippen LogP contribution in [0.2, 0.25) is 0 Å². The van der Waals surface area contributed by atoms with E-state index in [4.69, 9.17) is 4.74 Å². The Bertz CT molecular complexity index is 1260. The topological polar surface area (TPSA) is 52.9 Å². The molecule has 3 unspecified atom stereocenters. The van der Waals surface area contributed by atoms with E-state index < -0.39 is 11.7 Å². The molecule has 1 aliphatic heterocycles. The highest BCUT2D eigenvalue weighted by Gasteiger charge is 2.46. The van der Waals surface area contributed by atoms with Gasteiger partial charge in [0.15, 0.2) is 0 Å². The molecule has 4 aromatic carbocycles. The van der Waals surface area contributed by atoms with E-state index in [1.165, 1.54) is 5.56 Å². The first kappa shape index (κ1) is 27.9. The molecule has 4 nitrogen and oxygen atoms in total. The quantitative estimate of drug-likeness (QED) is 0.272. The van der Waals surface area contributed by atoms with Crippen LogP contribution in [0.3, 0.4) is 0 Å². The van der Waals surface area contributed by atoms with Gasteiger partial charge < -0.3 is 19.8 Å². The summed E-state index contributed by atoms with van der Waals surface area (Å²) in [6.07, 6.45) is 0.665. The summed E-state index contributed by atoms with van der Waals surface area (Å²) in [4.78, 5) is 2.37. The summed E-state index contributed by atoms with van der Waals surface area (Å²) in [5.41, 5.74) is 2.89. The summed E-state index contributed by atoms with van der Waals surface area (Å²) in [6.45, 7) is 2.74. The summed E-state index contributed by atoms with van der Waals surface area (Å²) in [5.74, 6) is 0.323. The Balaban J connectivity index is 0.00000336. The van der Waals surface area contributed by atoms with Crippen LogP contribution in [0.1, 0.15) is 34.8 Å². The van der Waals surface area contributed by atoms with E-state index in [9.17, 15) is 10.2 Å². The van der Waals surface area contributed by atoms with Gasteiger partial charge in [-0.2, -0.15) is 0 Å². The maximum Gasteiger partial charge on any atom is 0.120 e. The largest absolute Gasteiger partial charge is 0.489 e. The molecule has 0 aliphatic carbocycles. The number of aliphatic hydroxyl groups excluding tert-OH is 1. The first-order chi connectivity index (χ1) is 18.1. The highest BCUT2D eigenvalue weighted by atomic mass is 35.5. The third kappa shape index (κ3) is 6.64. The molecule has 4 aromatic rings. The Hall–Kier alpha value is -3.15. The number of aliphatic hydroxyl groups is 2. The molecule has 38 heavy (non-hydrogen) atoms. The Labute approximate surface area is 231 Å². The lowest BCUT2D eigenvalue weighted by molar-refractivity contribution is -0.122. The van der Waals surface area contributed by atoms with Crippen molar-refractivity contribution < 1.29 is 14.9 Å². The molecule has 0 saturated carbocycles. The summed E-state index contributed by atoms with van der Waals surface area (Å²) in [6, 6.07) is 38.0. The zero-order valence-corrected chi connectivity index (χ0v) is 22.3. The van der Waals surface area contributed by atoms with Crippen molar-refractivity contribution in [2.75, 3.05) is 19.6 Å². The van der Waals surface area contributed by atoms with Gasteiger partial charge in [0.2, 0.25) is 0 Å². The minimum absolute atomic E-state index is 0. The number of halogens is 1. The second-order valence-corrected chi connectivity index (χ2v) is 9.97. The Kier molecular flexibility index (Phi) is 9.59. The first-order valence-corrected chi connectivity index (χ1v) is 13.1. The van der Waals surface area contributed by atoms with Gasteiger partial charge in [0.1, 0.15) is 12.4 Å². The number of hydrogen-bond donors (Lipinski definition) is 2. The van der Waals surface area contributed by atoms with Crippen LogP contribution in [0.4, 0.5) is 0 Å². The smallest absolute Gasteiger partial charge is 0.120 e. The Morgan fingerprint density at radius 2 is 1.45 bits per heavy atom. The van der Waals surface area contributed by atoms with Gasteiger partial charge in [-0.25, -0.2) is 0 Å². The van der Waals surface area contributed by atoms with E-state index in [-0.39, 0.29) is 18.3 Å². The molecule has 1 heterocycles. The van der Waals surface area contributed by atoms with Gasteiger partial charge in [0.05, 0.1) is 11.7 Å². The summed E-state index contributed by atoms with van der Waals surface area (Å²) in [5, 5.41) is 23.8. The molecule has 0 aromatic heterocycles. The van der Waals surface area contributed by atoms with E-state index in [1.807, 2.05) is 91.0 Å². The van der Waals surface area contributed by atoms with Gasteiger partial charge >= 0.3 is 0 Å². The molecule has 0 radical (unpaired) electrons. The van der Waals surface area contributed by atoms with Gasteiger partial charge in [0, 0.05) is 25.6 Å². The molecule has 1 fully saturated rings. The zero-order chi connectivity index (χ0) is 25.5. The van der Waals surface area contributed by atoms with Gasteiger partial charge in [-0.05, 0) is 47.2 Å². The predicted molar refractivity (Wildman–Crippen MR) is 154 cm³/mol. The zero-order valence-electron chi connectivity index (χ0n) is 21.5. The highest BCUT2D eigenvalue weighted by Crippen LogP contribution is 2.44. The number of rotatable bonds is 9. The van der Waals surface area contributed by atoms with E-state index in [2.05, 4.69) is 29.2 Å². The van der Waals surface area contributed by atoms with Gasteiger partial charge in [-0.1, -0.05) is 103 Å². The van der Waals surface area contributed by atoms with Crippen molar-refractivity contribution in [3.8, 4) is 5.75 Å². The van der Waals surface area contributed by atoms with Crippen LogP contribution < -0.4 is 4.74 Å². The number of likely N-dealkylation sites (tertiary alicyclic amines) is 1. The lowest BCUT2D eigenvalue weighted by atomic mass is 9.72. The normalized spacial score (nSPS) is 20.3. The molecule has 1 saturated heterocycles. The molecule has 198 valence electrons. The minimum atomic E-state index is -1.12. The fourth-order valence-electron chi connectivity index (χ4n) is 5.38. The van der Waals surface area contributed by atoms with Gasteiger partial charge in [0.25, 0.3) is 0 Å². The number of benzene rings is 4. The first-order valence-electron chi connectivity index (χ1n) is 13.1. The SMILES string of the molecule is Cl.OC(c1cccc(OCc2ccccc2)c1)C1CN(CCc2ccccc2)CCC1(O)c1ccccc1. The van der Waals surface area contributed by atoms with Crippen LogP contribution in [-0.4, -0.2) is 34.7 Å². The lowest BCUT2D eigenvalue weighted by Crippen LogP contribution is -2.52. The van der Waals surface area contributed by atoms with Crippen molar-refractivity contribution in [2.24, 2.45) is 5.92 Å². The average molecular weight is 530 g/mol. The molecular weight excluding hydrogens is 494 g/mol. The van der Waals surface area contributed by atoms with Crippen LogP contribution in [0, 0.1) is 5.92 Å². The van der Waals surface area contributed by atoms with E-state index in [0.717, 1.165) is 36.2 Å². The van der Waals surface area contributed by atoms with E-state index >= 15 is 0 Å². The molecule has 5 heteroatoms. The van der Waals surface area contributed by atoms with E-state index in [1.54, 1.807) is 0 Å². The van der Waals surface area contributed by atoms with Crippen molar-refractivity contribution in [1.82, 2.24) is 4.90 Å². The standard InChI is InChI=1S/C33H35NO3.ClH/c35-32(28-15-10-18-30(23-28)37-25-27-13-6-2-7-14-27)31-24-34(21-19-26-11-4-1-5-12-26)22-20-33(31,36)29-16-8-3-9-17-29;/h1-18,23,31-32,35-36H,19-22,24-25H2;1H. The van der Waals surface area contributed by atoms with Crippen molar-refractivity contribution in [1.29, 1.82) is 0 Å². The second kappa shape index (κ2) is 13.1. The Morgan fingerprint density at radius 3 is 2.13 bits per heavy atom. The van der Waals surface area contributed by atoms with Gasteiger partial charge in [-0.3, -0.25) is 0 Å². The molecule has 1 aliphatic rings. The monoisotopic (exact) mass is 529 g/mol. The Morgan fingerprint density at radius 1 is 0.816 bits per heavy atom. The average Bonchev–Trinajstić information content (AvgIpc) is 2.97. The van der Waals surface area contributed by atoms with Gasteiger partial charge in [-0.15, -0.1) is 12.4 Å². The summed E-state index contributed by atoms with van der Waals surface area (Å²) < 4.78 is 6.03. The molecule has 5 rings (SSSR count). The second-order valence-electron chi connectivity index (χ2n) is 9.97. The fourth-order valence-corrected chi connectivity index (χ4v) is 5.38. The van der Waals surface area contributed by atoms with Crippen LogP contribution in [0.15, 0.2) is 115 Å². The summed E-state index contributed by atoms with van der Waals surface area (Å²) >= 11 is 0. The molecule has 0 spiro atoms. The molecular formula is C33H36ClNO3. The third-order valence-corrected chi connectivity index (χ3v) is 7.54. The van der Waals surface area contributed by atoms with Crippen LogP contribution in [0.5, 0.6) is 5.75 Å². The fraction of sp³-hybridized carbons (Fsp3) is 0.273. The van der Waals surface area contributed by atoms with Crippen LogP contribution >= 0.6 is 12.4 Å². The summed E-state index contributed by atoms with van der Waals surface area (Å²) in [7, 11) is 0. The van der Waals surface area contributed by atoms with E-state index in [0.29, 0.717) is 25.3 Å². The third-order valence-electron chi connectivity index (χ3n) is 7.54. The van der Waals surface area contributed by atoms with Crippen molar-refractivity contribution >= 4 is 12.4 Å². The molecule has 2 N–H and O–H groups in total. The predicted octanol–water partition coefficient (Wildman–Crippen LogP) is 6.17. The van der Waals surface area contributed by atoms with Crippen molar-refractivity contribution in [3.63, 3.8) is 0 Å². The van der Waals surface area contributed by atoms with Crippen LogP contribution in [0.25, 0.3) is 0 Å². The number of piperidine rings is 1. The molecule has 3 atom stereocenters. The number of hydrogen-bond acceptors (Lipinski definition) is 4. The lowest BCUT2D eigenvalue weighted by Gasteiger charge is -2.47. The number of nitrogens with zero attached hydrogens (tertiary/aromatic N) is 1. The highest BCUT2D eigenvalue weighted by molar-refractivity contribution is 5.85. The van der Waals surface area contributed by atoms with Crippen LogP contribution in [-0.2, 0) is 18.6 Å². The molecule has 0 amide bonds.